The Balaban J connectivity index is 2.35. The van der Waals surface area contributed by atoms with Crippen LogP contribution in [0.4, 0.5) is 0 Å². The lowest BCUT2D eigenvalue weighted by Gasteiger charge is -2.20. The minimum Gasteiger partial charge on any atom is -0.395 e. The van der Waals surface area contributed by atoms with Gasteiger partial charge in [-0.3, -0.25) is 9.88 Å². The molecule has 1 aromatic heterocycles. The Bertz CT molecular complexity index is 571. The second kappa shape index (κ2) is 6.66. The number of fused-ring (bicyclic) bond motifs is 1. The molecule has 4 heteroatoms. The fourth-order valence-electron chi connectivity index (χ4n) is 2.15. The van der Waals surface area contributed by atoms with Gasteiger partial charge in [-0.25, -0.2) is 0 Å². The molecule has 1 N–H and O–H groups in total. The lowest BCUT2D eigenvalue weighted by molar-refractivity contribution is 0.204. The first-order chi connectivity index (χ1) is 9.24. The second-order valence-corrected chi connectivity index (χ2v) is 4.82. The third-order valence-corrected chi connectivity index (χ3v) is 3.16. The zero-order valence-electron chi connectivity index (χ0n) is 10.7. The molecule has 0 saturated carbocycles. The van der Waals surface area contributed by atoms with Crippen LogP contribution in [0.25, 0.3) is 10.9 Å². The Kier molecular flexibility index (Phi) is 4.91. The van der Waals surface area contributed by atoms with Crippen molar-refractivity contribution in [2.75, 3.05) is 19.7 Å². The van der Waals surface area contributed by atoms with Gasteiger partial charge in [-0.15, -0.1) is 6.58 Å². The average Bonchev–Trinajstić information content (AvgIpc) is 2.39. The minimum atomic E-state index is 0.125. The Morgan fingerprint density at radius 3 is 3.00 bits per heavy atom. The first-order valence-corrected chi connectivity index (χ1v) is 6.59. The Morgan fingerprint density at radius 2 is 2.26 bits per heavy atom. The summed E-state index contributed by atoms with van der Waals surface area (Å²) in [4.78, 5) is 6.53. The number of hydrogen-bond donors (Lipinski definition) is 1. The van der Waals surface area contributed by atoms with Gasteiger partial charge in [0.1, 0.15) is 0 Å². The third-order valence-electron chi connectivity index (χ3n) is 2.95. The molecule has 0 atom stereocenters. The normalized spacial score (nSPS) is 11.1. The largest absolute Gasteiger partial charge is 0.395 e. The second-order valence-electron chi connectivity index (χ2n) is 4.39. The summed E-state index contributed by atoms with van der Waals surface area (Å²) >= 11 is 6.15. The molecule has 1 heterocycles. The van der Waals surface area contributed by atoms with Crippen molar-refractivity contribution >= 4 is 22.5 Å². The van der Waals surface area contributed by atoms with Crippen LogP contribution < -0.4 is 0 Å². The molecular formula is C15H17ClN2O. The first kappa shape index (κ1) is 14.0. The Labute approximate surface area is 118 Å². The standard InChI is InChI=1S/C15H17ClN2O/c1-2-6-18(7-8-19)11-13-10-14(16)9-12-4-3-5-17-15(12)13/h2-5,9-10,19H,1,6-8,11H2. The van der Waals surface area contributed by atoms with Crippen molar-refractivity contribution in [1.29, 1.82) is 0 Å². The van der Waals surface area contributed by atoms with E-state index < -0.39 is 0 Å². The molecule has 0 radical (unpaired) electrons. The van der Waals surface area contributed by atoms with Crippen LogP contribution in [0.5, 0.6) is 0 Å². The fourth-order valence-corrected chi connectivity index (χ4v) is 2.40. The predicted molar refractivity (Wildman–Crippen MR) is 79.3 cm³/mol. The molecule has 0 bridgehead atoms. The molecule has 0 unspecified atom stereocenters. The van der Waals surface area contributed by atoms with Crippen molar-refractivity contribution in [1.82, 2.24) is 9.88 Å². The van der Waals surface area contributed by atoms with E-state index in [1.165, 1.54) is 0 Å². The number of pyridine rings is 1. The molecule has 0 saturated heterocycles. The van der Waals surface area contributed by atoms with Gasteiger partial charge in [0.05, 0.1) is 12.1 Å². The summed E-state index contributed by atoms with van der Waals surface area (Å²) in [6, 6.07) is 7.75. The van der Waals surface area contributed by atoms with Crippen LogP contribution >= 0.6 is 11.6 Å². The number of hydrogen-bond acceptors (Lipinski definition) is 3. The Hall–Kier alpha value is -1.42. The van der Waals surface area contributed by atoms with Crippen LogP contribution in [0.2, 0.25) is 5.02 Å². The van der Waals surface area contributed by atoms with Crippen molar-refractivity contribution < 1.29 is 5.11 Å². The van der Waals surface area contributed by atoms with Gasteiger partial charge in [0.2, 0.25) is 0 Å². The van der Waals surface area contributed by atoms with Crippen LogP contribution in [-0.2, 0) is 6.54 Å². The summed E-state index contributed by atoms with van der Waals surface area (Å²) in [6.45, 7) is 5.89. The molecule has 100 valence electrons. The summed E-state index contributed by atoms with van der Waals surface area (Å²) in [7, 11) is 0. The summed E-state index contributed by atoms with van der Waals surface area (Å²) < 4.78 is 0. The topological polar surface area (TPSA) is 36.4 Å². The van der Waals surface area contributed by atoms with Crippen LogP contribution in [0, 0.1) is 0 Å². The molecule has 0 spiro atoms. The van der Waals surface area contributed by atoms with Gasteiger partial charge in [0.25, 0.3) is 0 Å². The molecule has 3 nitrogen and oxygen atoms in total. The van der Waals surface area contributed by atoms with Gasteiger partial charge in [-0.05, 0) is 23.8 Å². The van der Waals surface area contributed by atoms with Crippen LogP contribution in [0.15, 0.2) is 43.1 Å². The van der Waals surface area contributed by atoms with Crippen molar-refractivity contribution in [2.45, 2.75) is 6.54 Å². The van der Waals surface area contributed by atoms with Crippen molar-refractivity contribution in [3.8, 4) is 0 Å². The van der Waals surface area contributed by atoms with E-state index in [0.717, 1.165) is 23.0 Å². The highest BCUT2D eigenvalue weighted by molar-refractivity contribution is 6.31. The van der Waals surface area contributed by atoms with E-state index >= 15 is 0 Å². The minimum absolute atomic E-state index is 0.125. The molecule has 0 aliphatic heterocycles. The van der Waals surface area contributed by atoms with Crippen molar-refractivity contribution in [3.05, 3.63) is 53.7 Å². The summed E-state index contributed by atoms with van der Waals surface area (Å²) in [6.07, 6.45) is 3.61. The molecule has 0 aliphatic rings. The van der Waals surface area contributed by atoms with E-state index in [-0.39, 0.29) is 6.61 Å². The maximum absolute atomic E-state index is 9.09. The number of aromatic nitrogens is 1. The van der Waals surface area contributed by atoms with Crippen molar-refractivity contribution in [2.24, 2.45) is 0 Å². The van der Waals surface area contributed by atoms with E-state index in [0.29, 0.717) is 18.1 Å². The molecule has 2 rings (SSSR count). The highest BCUT2D eigenvalue weighted by Gasteiger charge is 2.09. The molecule has 2 aromatic rings. The maximum atomic E-state index is 9.09. The zero-order chi connectivity index (χ0) is 13.7. The van der Waals surface area contributed by atoms with E-state index in [4.69, 9.17) is 16.7 Å². The number of aliphatic hydroxyl groups is 1. The van der Waals surface area contributed by atoms with Gasteiger partial charge < -0.3 is 5.11 Å². The van der Waals surface area contributed by atoms with Gasteiger partial charge >= 0.3 is 0 Å². The highest BCUT2D eigenvalue weighted by Crippen LogP contribution is 2.23. The number of aliphatic hydroxyl groups excluding tert-OH is 1. The van der Waals surface area contributed by atoms with E-state index in [9.17, 15) is 0 Å². The van der Waals surface area contributed by atoms with E-state index in [2.05, 4.69) is 16.5 Å². The summed E-state index contributed by atoms with van der Waals surface area (Å²) in [5.74, 6) is 0. The van der Waals surface area contributed by atoms with Crippen molar-refractivity contribution in [3.63, 3.8) is 0 Å². The van der Waals surface area contributed by atoms with Gasteiger partial charge in [-0.1, -0.05) is 23.7 Å². The summed E-state index contributed by atoms with van der Waals surface area (Å²) in [5, 5.41) is 10.8. The molecule has 1 aromatic carbocycles. The first-order valence-electron chi connectivity index (χ1n) is 6.22. The van der Waals surface area contributed by atoms with E-state index in [1.807, 2.05) is 30.3 Å². The molecule has 19 heavy (non-hydrogen) atoms. The molecule has 0 amide bonds. The highest BCUT2D eigenvalue weighted by atomic mass is 35.5. The van der Waals surface area contributed by atoms with Gasteiger partial charge in [0, 0.05) is 36.2 Å². The van der Waals surface area contributed by atoms with E-state index in [1.54, 1.807) is 6.20 Å². The fraction of sp³-hybridized carbons (Fsp3) is 0.267. The summed E-state index contributed by atoms with van der Waals surface area (Å²) in [5.41, 5.74) is 2.03. The molecule has 0 aliphatic carbocycles. The predicted octanol–water partition coefficient (Wildman–Crippen LogP) is 2.87. The van der Waals surface area contributed by atoms with Gasteiger partial charge in [0.15, 0.2) is 0 Å². The number of nitrogens with zero attached hydrogens (tertiary/aromatic N) is 2. The smallest absolute Gasteiger partial charge is 0.0747 e. The third kappa shape index (κ3) is 3.53. The SMILES string of the molecule is C=CCN(CCO)Cc1cc(Cl)cc2cccnc12. The quantitative estimate of drug-likeness (QED) is 0.824. The lowest BCUT2D eigenvalue weighted by Crippen LogP contribution is -2.26. The number of halogens is 1. The number of benzene rings is 1. The van der Waals surface area contributed by atoms with Crippen LogP contribution in [0.1, 0.15) is 5.56 Å². The zero-order valence-corrected chi connectivity index (χ0v) is 11.5. The monoisotopic (exact) mass is 276 g/mol. The van der Waals surface area contributed by atoms with Crippen LogP contribution in [-0.4, -0.2) is 34.7 Å². The van der Waals surface area contributed by atoms with Crippen LogP contribution in [0.3, 0.4) is 0 Å². The Morgan fingerprint density at radius 1 is 1.42 bits per heavy atom. The molecule has 0 fully saturated rings. The lowest BCUT2D eigenvalue weighted by atomic mass is 10.1. The molecular weight excluding hydrogens is 260 g/mol. The number of rotatable bonds is 6. The van der Waals surface area contributed by atoms with Gasteiger partial charge in [-0.2, -0.15) is 0 Å². The average molecular weight is 277 g/mol. The maximum Gasteiger partial charge on any atom is 0.0747 e.